The van der Waals surface area contributed by atoms with E-state index < -0.39 is 140 Å². The standard InChI is InChI=1S/C20H8F34O6S2/c21-5(22,9(29,30)13(37,38)17(45,46)47)7(25,26)11(33,34)15(41,42)19(51,52)61(55,56)59-3-1-2-4-60-62(57,58)20(53,54)16(43,44)12(35,36)8(27,28)6(23,24)10(31,32)14(39,40)18(48,49)50/h1-4H2. The van der Waals surface area contributed by atoms with E-state index in [-0.39, 0.29) is 0 Å². The Bertz CT molecular complexity index is 1690. The minimum Gasteiger partial charge on any atom is -0.265 e. The van der Waals surface area contributed by atoms with Crippen LogP contribution in [0.2, 0.25) is 0 Å². The molecule has 0 aliphatic heterocycles. The quantitative estimate of drug-likeness (QED) is 0.0647. The van der Waals surface area contributed by atoms with Crippen LogP contribution in [0.3, 0.4) is 0 Å². The summed E-state index contributed by atoms with van der Waals surface area (Å²) in [5.41, 5.74) is 0. The van der Waals surface area contributed by atoms with E-state index in [0.29, 0.717) is 0 Å². The molecule has 0 aromatic heterocycles. The SMILES string of the molecule is O=S(=O)(OCCCCOS(=O)(=O)C(F)(F)C(F)(F)C(F)(F)C(F)(F)C(F)(F)C(F)(F)C(F)(F)C(F)(F)F)C(F)(F)C(F)(F)C(F)(F)C(F)(F)C(F)(F)C(F)(F)C(F)(F)C(F)(F)F. The molecule has 0 saturated carbocycles. The van der Waals surface area contributed by atoms with Crippen LogP contribution in [0.25, 0.3) is 0 Å². The lowest BCUT2D eigenvalue weighted by atomic mass is 9.91. The molecular weight excluding hydrogens is 1050 g/mol. The van der Waals surface area contributed by atoms with Gasteiger partial charge in [0.15, 0.2) is 0 Å². The lowest BCUT2D eigenvalue weighted by molar-refractivity contribution is -0.458. The minimum absolute atomic E-state index is 2.04. The van der Waals surface area contributed by atoms with Gasteiger partial charge in [-0.15, -0.1) is 0 Å². The Balaban J connectivity index is 6.38. The maximum atomic E-state index is 13.9. The van der Waals surface area contributed by atoms with E-state index in [1.165, 1.54) is 0 Å². The van der Waals surface area contributed by atoms with Gasteiger partial charge in [-0.25, -0.2) is 0 Å². The fourth-order valence-electron chi connectivity index (χ4n) is 3.30. The number of hydrogen-bond donors (Lipinski definition) is 0. The molecule has 374 valence electrons. The van der Waals surface area contributed by atoms with Gasteiger partial charge < -0.3 is 0 Å². The van der Waals surface area contributed by atoms with Gasteiger partial charge in [-0.2, -0.15) is 166 Å². The van der Waals surface area contributed by atoms with Gasteiger partial charge in [-0.05, 0) is 12.8 Å². The van der Waals surface area contributed by atoms with Crippen LogP contribution in [0.1, 0.15) is 12.8 Å². The maximum Gasteiger partial charge on any atom is 0.460 e. The molecule has 0 bridgehead atoms. The molecule has 0 unspecified atom stereocenters. The van der Waals surface area contributed by atoms with Crippen LogP contribution in [0.15, 0.2) is 0 Å². The predicted octanol–water partition coefficient (Wildman–Crippen LogP) is 10.4. The molecule has 0 N–H and O–H groups in total. The smallest absolute Gasteiger partial charge is 0.265 e. The van der Waals surface area contributed by atoms with Crippen LogP contribution in [0.4, 0.5) is 149 Å². The molecule has 0 radical (unpaired) electrons. The fraction of sp³-hybridized carbons (Fsp3) is 1.00. The van der Waals surface area contributed by atoms with Crippen molar-refractivity contribution in [1.29, 1.82) is 0 Å². The van der Waals surface area contributed by atoms with E-state index in [0.717, 1.165) is 0 Å². The van der Waals surface area contributed by atoms with Crippen LogP contribution in [0.5, 0.6) is 0 Å². The van der Waals surface area contributed by atoms with Gasteiger partial charge in [-0.1, -0.05) is 0 Å². The first-order chi connectivity index (χ1) is 26.2. The molecule has 0 rings (SSSR count). The van der Waals surface area contributed by atoms with Crippen molar-refractivity contribution in [2.24, 2.45) is 0 Å². The molecule has 42 heteroatoms. The second-order valence-electron chi connectivity index (χ2n) is 11.2. The largest absolute Gasteiger partial charge is 0.460 e. The summed E-state index contributed by atoms with van der Waals surface area (Å²) < 4.78 is 503. The molecule has 0 aliphatic carbocycles. The summed E-state index contributed by atoms with van der Waals surface area (Å²) in [6, 6.07) is 0. The number of alkyl halides is 34. The predicted molar refractivity (Wildman–Crippen MR) is 120 cm³/mol. The van der Waals surface area contributed by atoms with E-state index >= 15 is 0 Å². The van der Waals surface area contributed by atoms with Crippen molar-refractivity contribution in [3.8, 4) is 0 Å². The molecule has 0 aliphatic rings. The Morgan fingerprint density at radius 3 is 0.548 bits per heavy atom. The third-order valence-electron chi connectivity index (χ3n) is 7.03. The van der Waals surface area contributed by atoms with Crippen LogP contribution >= 0.6 is 0 Å². The summed E-state index contributed by atoms with van der Waals surface area (Å²) >= 11 is 0. The van der Waals surface area contributed by atoms with Gasteiger partial charge in [0.1, 0.15) is 0 Å². The van der Waals surface area contributed by atoms with E-state index in [2.05, 4.69) is 8.37 Å². The Labute approximate surface area is 315 Å². The first-order valence-corrected chi connectivity index (χ1v) is 16.2. The molecule has 0 atom stereocenters. The molecule has 6 nitrogen and oxygen atoms in total. The first-order valence-electron chi connectivity index (χ1n) is 13.4. The van der Waals surface area contributed by atoms with Crippen molar-refractivity contribution in [1.82, 2.24) is 0 Å². The summed E-state index contributed by atoms with van der Waals surface area (Å²) in [7, 11) is -16.7. The highest BCUT2D eigenvalue weighted by atomic mass is 32.2. The van der Waals surface area contributed by atoms with Crippen molar-refractivity contribution in [2.75, 3.05) is 13.2 Å². The molecule has 0 aromatic carbocycles. The Kier molecular flexibility index (Phi) is 14.9. The first kappa shape index (κ1) is 59.4. The summed E-state index contributed by atoms with van der Waals surface area (Å²) in [5, 5.41) is -16.6. The lowest BCUT2D eigenvalue weighted by Crippen LogP contribution is -2.75. The molecule has 0 aromatic rings. The molecule has 0 heterocycles. The van der Waals surface area contributed by atoms with Gasteiger partial charge in [-0.3, -0.25) is 8.37 Å². The van der Waals surface area contributed by atoms with Crippen molar-refractivity contribution in [3.05, 3.63) is 0 Å². The second kappa shape index (κ2) is 15.5. The second-order valence-corrected chi connectivity index (χ2v) is 14.5. The molecule has 0 spiro atoms. The summed E-state index contributed by atoms with van der Waals surface area (Å²) in [4.78, 5) is 0. The lowest BCUT2D eigenvalue weighted by Gasteiger charge is -2.42. The zero-order chi connectivity index (χ0) is 51.2. The maximum absolute atomic E-state index is 13.9. The van der Waals surface area contributed by atoms with Crippen LogP contribution in [-0.2, 0) is 28.6 Å². The van der Waals surface area contributed by atoms with Crippen molar-refractivity contribution in [2.45, 2.75) is 107 Å². The average Bonchev–Trinajstić information content (AvgIpc) is 3.03. The van der Waals surface area contributed by atoms with Crippen LogP contribution in [-0.4, -0.2) is 124 Å². The summed E-state index contributed by atoms with van der Waals surface area (Å²) in [5.74, 6) is -109. The Morgan fingerprint density at radius 1 is 0.242 bits per heavy atom. The number of halogens is 34. The summed E-state index contributed by atoms with van der Waals surface area (Å²) in [6.45, 7) is -5.29. The average molecular weight is 1050 g/mol. The molecular formula is C20H8F34O6S2. The van der Waals surface area contributed by atoms with Crippen molar-refractivity contribution >= 4 is 20.2 Å². The topological polar surface area (TPSA) is 86.7 Å². The number of unbranched alkanes of at least 4 members (excludes halogenated alkanes) is 1. The van der Waals surface area contributed by atoms with E-state index in [1.54, 1.807) is 0 Å². The van der Waals surface area contributed by atoms with Crippen LogP contribution in [0, 0.1) is 0 Å². The fourth-order valence-corrected chi connectivity index (χ4v) is 5.16. The van der Waals surface area contributed by atoms with Crippen molar-refractivity contribution in [3.63, 3.8) is 0 Å². The zero-order valence-electron chi connectivity index (χ0n) is 26.9. The van der Waals surface area contributed by atoms with Crippen molar-refractivity contribution < 1.29 is 174 Å². The zero-order valence-corrected chi connectivity index (χ0v) is 28.6. The highest BCUT2D eigenvalue weighted by Gasteiger charge is 2.98. The van der Waals surface area contributed by atoms with Crippen LogP contribution < -0.4 is 0 Å². The summed E-state index contributed by atoms with van der Waals surface area (Å²) in [6.07, 6.45) is -20.4. The monoisotopic (exact) mass is 1050 g/mol. The Morgan fingerprint density at radius 2 is 0.387 bits per heavy atom. The van der Waals surface area contributed by atoms with Gasteiger partial charge in [0, 0.05) is 0 Å². The minimum atomic E-state index is -9.31. The van der Waals surface area contributed by atoms with Gasteiger partial charge in [0.25, 0.3) is 0 Å². The van der Waals surface area contributed by atoms with Gasteiger partial charge in [0.2, 0.25) is 0 Å². The van der Waals surface area contributed by atoms with Gasteiger partial charge >= 0.3 is 114 Å². The number of hydrogen-bond acceptors (Lipinski definition) is 6. The Hall–Kier alpha value is -2.56. The number of rotatable bonds is 21. The molecule has 0 saturated heterocycles. The molecule has 0 amide bonds. The van der Waals surface area contributed by atoms with E-state index in [4.69, 9.17) is 0 Å². The van der Waals surface area contributed by atoms with E-state index in [1.807, 2.05) is 0 Å². The normalized spacial score (nSPS) is 16.9. The third kappa shape index (κ3) is 7.87. The highest BCUT2D eigenvalue weighted by molar-refractivity contribution is 7.88. The van der Waals surface area contributed by atoms with Gasteiger partial charge in [0.05, 0.1) is 13.2 Å². The third-order valence-corrected chi connectivity index (χ3v) is 9.75. The van der Waals surface area contributed by atoms with E-state index in [9.17, 15) is 166 Å². The molecule has 0 fully saturated rings. The highest BCUT2D eigenvalue weighted by Crippen LogP contribution is 2.66. The molecule has 62 heavy (non-hydrogen) atoms.